The van der Waals surface area contributed by atoms with E-state index in [0.29, 0.717) is 25.9 Å². The van der Waals surface area contributed by atoms with Crippen molar-refractivity contribution in [3.05, 3.63) is 16.1 Å². The lowest BCUT2D eigenvalue weighted by molar-refractivity contribution is -0.141. The first-order valence-corrected chi connectivity index (χ1v) is 10.2. The average Bonchev–Trinajstić information content (AvgIpc) is 3.26. The molecule has 10 nitrogen and oxygen atoms in total. The lowest BCUT2D eigenvalue weighted by Crippen LogP contribution is -2.46. The van der Waals surface area contributed by atoms with Crippen molar-refractivity contribution in [2.24, 2.45) is 0 Å². The van der Waals surface area contributed by atoms with Gasteiger partial charge in [0.2, 0.25) is 5.91 Å². The Kier molecular flexibility index (Phi) is 8.61. The summed E-state index contributed by atoms with van der Waals surface area (Å²) in [5, 5.41) is 7.37. The zero-order valence-electron chi connectivity index (χ0n) is 16.8. The van der Waals surface area contributed by atoms with Gasteiger partial charge in [-0.2, -0.15) is 0 Å². The van der Waals surface area contributed by atoms with Gasteiger partial charge < -0.3 is 25.0 Å². The fraction of sp³-hybridized carbons (Fsp3) is 0.526. The van der Waals surface area contributed by atoms with Crippen LogP contribution < -0.4 is 10.6 Å². The van der Waals surface area contributed by atoms with Crippen LogP contribution in [0.3, 0.4) is 0 Å². The predicted molar refractivity (Wildman–Crippen MR) is 108 cm³/mol. The van der Waals surface area contributed by atoms with Crippen molar-refractivity contribution >= 4 is 35.2 Å². The van der Waals surface area contributed by atoms with Crippen LogP contribution in [0.4, 0.5) is 4.79 Å². The Bertz CT molecular complexity index is 825. The number of hydrogen-bond donors (Lipinski definition) is 2. The molecule has 2 heterocycles. The van der Waals surface area contributed by atoms with Crippen molar-refractivity contribution in [3.63, 3.8) is 0 Å². The van der Waals surface area contributed by atoms with E-state index < -0.39 is 29.9 Å². The number of nitrogens with one attached hydrogen (secondary N) is 2. The lowest BCUT2D eigenvalue weighted by atomic mass is 9.98. The van der Waals surface area contributed by atoms with Crippen LogP contribution in [-0.4, -0.2) is 73.2 Å². The summed E-state index contributed by atoms with van der Waals surface area (Å²) in [4.78, 5) is 53.2. The predicted octanol–water partition coefficient (Wildman–Crippen LogP) is 0.500. The molecule has 1 aromatic rings. The molecule has 0 radical (unpaired) electrons. The van der Waals surface area contributed by atoms with Crippen LogP contribution in [0.25, 0.3) is 0 Å². The summed E-state index contributed by atoms with van der Waals surface area (Å²) in [6.07, 6.45) is 6.06. The summed E-state index contributed by atoms with van der Waals surface area (Å²) in [6, 6.07) is -0.843. The molecule has 0 aliphatic carbocycles. The van der Waals surface area contributed by atoms with Crippen LogP contribution in [0.1, 0.15) is 41.2 Å². The first-order valence-electron chi connectivity index (χ1n) is 9.31. The molecule has 0 aromatic carbocycles. The number of esters is 1. The van der Waals surface area contributed by atoms with E-state index in [1.54, 1.807) is 10.3 Å². The lowest BCUT2D eigenvalue weighted by Gasteiger charge is -2.30. The summed E-state index contributed by atoms with van der Waals surface area (Å²) in [5.74, 6) is 0.826. The molecule has 30 heavy (non-hydrogen) atoms. The van der Waals surface area contributed by atoms with Gasteiger partial charge in [-0.25, -0.2) is 9.78 Å². The number of thiazole rings is 1. The molecule has 1 unspecified atom stereocenters. The standard InChI is InChI=1S/C19H24N4O6S/c1-4-9-29-19(27)23-7-5-13(6-8-23)18-22-14(11-30-18)17(26)21-12(2)16(25)20-10-15(24)28-3/h1,11-13H,5-10H2,2-3H3,(H,20,25)(H,21,26). The van der Waals surface area contributed by atoms with Crippen molar-refractivity contribution in [1.82, 2.24) is 20.5 Å². The summed E-state index contributed by atoms with van der Waals surface area (Å²) >= 11 is 1.37. The maximum Gasteiger partial charge on any atom is 0.410 e. The zero-order chi connectivity index (χ0) is 22.1. The minimum atomic E-state index is -0.843. The topological polar surface area (TPSA) is 127 Å². The van der Waals surface area contributed by atoms with Gasteiger partial charge in [0.15, 0.2) is 6.61 Å². The molecule has 1 saturated heterocycles. The summed E-state index contributed by atoms with van der Waals surface area (Å²) < 4.78 is 9.37. The van der Waals surface area contributed by atoms with Gasteiger partial charge >= 0.3 is 12.1 Å². The highest BCUT2D eigenvalue weighted by Gasteiger charge is 2.27. The van der Waals surface area contributed by atoms with Crippen LogP contribution in [0.2, 0.25) is 0 Å². The van der Waals surface area contributed by atoms with E-state index >= 15 is 0 Å². The molecule has 1 aliphatic heterocycles. The van der Waals surface area contributed by atoms with E-state index in [4.69, 9.17) is 11.2 Å². The highest BCUT2D eigenvalue weighted by atomic mass is 32.1. The van der Waals surface area contributed by atoms with Gasteiger partial charge in [0.25, 0.3) is 5.91 Å². The normalized spacial score (nSPS) is 14.9. The van der Waals surface area contributed by atoms with Crippen molar-refractivity contribution in [2.75, 3.05) is 33.4 Å². The Hall–Kier alpha value is -3.13. The summed E-state index contributed by atoms with van der Waals surface area (Å²) in [7, 11) is 1.22. The minimum absolute atomic E-state index is 0.0527. The van der Waals surface area contributed by atoms with Crippen molar-refractivity contribution in [3.8, 4) is 12.3 Å². The molecule has 0 saturated carbocycles. The number of likely N-dealkylation sites (tertiary alicyclic amines) is 1. The number of carbonyl (C=O) groups is 4. The number of terminal acetylenes is 1. The molecule has 1 atom stereocenters. The molecular formula is C19H24N4O6S. The van der Waals surface area contributed by atoms with E-state index in [1.807, 2.05) is 0 Å². The highest BCUT2D eigenvalue weighted by molar-refractivity contribution is 7.09. The molecule has 1 aliphatic rings. The fourth-order valence-corrected chi connectivity index (χ4v) is 3.78. The summed E-state index contributed by atoms with van der Waals surface area (Å²) in [5.41, 5.74) is 0.221. The van der Waals surface area contributed by atoms with Gasteiger partial charge in [0, 0.05) is 24.4 Å². The van der Waals surface area contributed by atoms with Crippen LogP contribution in [0, 0.1) is 12.3 Å². The number of nitrogens with zero attached hydrogens (tertiary/aromatic N) is 2. The number of hydrogen-bond acceptors (Lipinski definition) is 8. The van der Waals surface area contributed by atoms with Crippen LogP contribution in [0.15, 0.2) is 5.38 Å². The Morgan fingerprint density at radius 3 is 2.70 bits per heavy atom. The van der Waals surface area contributed by atoms with E-state index in [1.165, 1.54) is 25.4 Å². The highest BCUT2D eigenvalue weighted by Crippen LogP contribution is 2.30. The second-order valence-corrected chi connectivity index (χ2v) is 7.47. The van der Waals surface area contributed by atoms with E-state index in [9.17, 15) is 19.2 Å². The Balaban J connectivity index is 1.84. The molecule has 3 amide bonds. The van der Waals surface area contributed by atoms with Crippen molar-refractivity contribution in [2.45, 2.75) is 31.7 Å². The maximum atomic E-state index is 12.4. The average molecular weight is 436 g/mol. The van der Waals surface area contributed by atoms with Crippen LogP contribution in [-0.2, 0) is 19.1 Å². The largest absolute Gasteiger partial charge is 0.468 e. The number of amides is 3. The fourth-order valence-electron chi connectivity index (χ4n) is 2.80. The second kappa shape index (κ2) is 11.2. The molecule has 1 aromatic heterocycles. The van der Waals surface area contributed by atoms with E-state index in [0.717, 1.165) is 5.01 Å². The second-order valence-electron chi connectivity index (χ2n) is 6.58. The van der Waals surface area contributed by atoms with Gasteiger partial charge in [-0.15, -0.1) is 17.8 Å². The van der Waals surface area contributed by atoms with Gasteiger partial charge in [-0.05, 0) is 19.8 Å². The van der Waals surface area contributed by atoms with Crippen LogP contribution in [0.5, 0.6) is 0 Å². The zero-order valence-corrected chi connectivity index (χ0v) is 17.6. The first-order chi connectivity index (χ1) is 14.3. The van der Waals surface area contributed by atoms with E-state index in [2.05, 4.69) is 26.3 Å². The number of methoxy groups -OCH3 is 1. The monoisotopic (exact) mass is 436 g/mol. The molecule has 11 heteroatoms. The SMILES string of the molecule is C#CCOC(=O)N1CCC(c2nc(C(=O)NC(C)C(=O)NCC(=O)OC)cs2)CC1. The molecular weight excluding hydrogens is 412 g/mol. The van der Waals surface area contributed by atoms with Gasteiger partial charge in [-0.3, -0.25) is 14.4 Å². The molecule has 0 bridgehead atoms. The first kappa shape index (κ1) is 23.2. The Morgan fingerprint density at radius 1 is 1.37 bits per heavy atom. The van der Waals surface area contributed by atoms with Gasteiger partial charge in [0.05, 0.1) is 12.1 Å². The number of carbonyl (C=O) groups excluding carboxylic acids is 4. The summed E-state index contributed by atoms with van der Waals surface area (Å²) in [6.45, 7) is 2.22. The molecule has 1 fully saturated rings. The molecule has 2 rings (SSSR count). The number of ether oxygens (including phenoxy) is 2. The molecule has 0 spiro atoms. The number of aromatic nitrogens is 1. The minimum Gasteiger partial charge on any atom is -0.468 e. The van der Waals surface area contributed by atoms with Gasteiger partial charge in [-0.1, -0.05) is 5.92 Å². The van der Waals surface area contributed by atoms with Gasteiger partial charge in [0.1, 0.15) is 18.3 Å². The third-order valence-corrected chi connectivity index (χ3v) is 5.52. The third kappa shape index (κ3) is 6.45. The Morgan fingerprint density at radius 2 is 2.07 bits per heavy atom. The van der Waals surface area contributed by atoms with Crippen LogP contribution >= 0.6 is 11.3 Å². The molecule has 162 valence electrons. The maximum absolute atomic E-state index is 12.4. The third-order valence-electron chi connectivity index (χ3n) is 4.51. The smallest absolute Gasteiger partial charge is 0.410 e. The quantitative estimate of drug-likeness (QED) is 0.471. The number of rotatable bonds is 7. The van der Waals surface area contributed by atoms with Crippen molar-refractivity contribution < 1.29 is 28.7 Å². The number of piperidine rings is 1. The van der Waals surface area contributed by atoms with Crippen molar-refractivity contribution in [1.29, 1.82) is 0 Å². The van der Waals surface area contributed by atoms with E-state index in [-0.39, 0.29) is 24.8 Å². The Labute approximate surface area is 178 Å². The molecule has 2 N–H and O–H groups in total.